The summed E-state index contributed by atoms with van der Waals surface area (Å²) in [5, 5.41) is 68.7. The largest absolute Gasteiger partial charge is 0.508 e. The minimum atomic E-state index is -1.77. The topological polar surface area (TPSA) is 617 Å². The number of nitrogens with two attached hydrogens (primary N) is 3. The lowest BCUT2D eigenvalue weighted by Gasteiger charge is -2.36. The molecule has 3 saturated heterocycles. The Kier molecular flexibility index (Phi) is 38.8. The Morgan fingerprint density at radius 1 is 0.561 bits per heavy atom. The van der Waals surface area contributed by atoms with Crippen molar-refractivity contribution in [2.75, 3.05) is 72.0 Å². The van der Waals surface area contributed by atoms with Gasteiger partial charge in [-0.05, 0) is 131 Å². The van der Waals surface area contributed by atoms with E-state index in [1.54, 1.807) is 49.6 Å². The monoisotopic (exact) mass is 1850 g/mol. The van der Waals surface area contributed by atoms with Gasteiger partial charge in [0.25, 0.3) is 0 Å². The Balaban J connectivity index is 1.09. The van der Waals surface area contributed by atoms with Crippen LogP contribution < -0.4 is 65.1 Å². The molecule has 0 saturated carbocycles. The predicted molar refractivity (Wildman–Crippen MR) is 487 cm³/mol. The first-order valence-electron chi connectivity index (χ1n) is 44.8. The van der Waals surface area contributed by atoms with Gasteiger partial charge in [0.2, 0.25) is 88.6 Å². The van der Waals surface area contributed by atoms with Crippen LogP contribution in [-0.4, -0.2) is 316 Å². The Morgan fingerprint density at radius 3 is 1.73 bits per heavy atom. The second kappa shape index (κ2) is 49.6. The molecular formula is C90H127N21O20S. The number of phenols is 1. The molecule has 3 aromatic carbocycles. The lowest BCUT2D eigenvalue weighted by atomic mass is 9.84. The number of thioether (sulfide) groups is 1. The van der Waals surface area contributed by atoms with Gasteiger partial charge in [0.05, 0.1) is 37.0 Å². The minimum Gasteiger partial charge on any atom is -0.508 e. The van der Waals surface area contributed by atoms with Crippen LogP contribution in [0.4, 0.5) is 0 Å². The number of nitrogens with one attached hydrogen (secondary N) is 12. The maximum atomic E-state index is 15.7. The highest BCUT2D eigenvalue weighted by molar-refractivity contribution is 8.00. The molecule has 3 aromatic heterocycles. The molecule has 9 rings (SSSR count). The maximum Gasteiger partial charge on any atom is 0.303 e. The number of benzene rings is 3. The fraction of sp³-hybridized carbons (Fsp3) is 0.544. The smallest absolute Gasteiger partial charge is 0.303 e. The van der Waals surface area contributed by atoms with E-state index >= 15 is 33.6 Å². The molecule has 0 aliphatic carbocycles. The summed E-state index contributed by atoms with van der Waals surface area (Å²) in [5.41, 5.74) is 20.9. The standard InChI is InChI=1S/C90H127N21O20S/c1-8-10-21-71-84(125)100-63(30-32-91)81(122)106-70(80(121)97-44-75(93)115)47-132-48-76(116)99-67(36-52-24-26-57(113)27-25-52)86(127)107(5)51(4)78(119)101-65(31-33-92)88(129)110-34-16-23-72(110)85(126)103-66(39-56-43-94-49-98-56)82(123)102-64(28-29-77(117)118)89(130)111-45-58(114)40-74(111)50(3)35-53(37-54-41-95-61-19-14-12-17-59(54)61)79(120)105-69(46-112)83(124)104-68(38-55-42-96-62-20-15-13-18-60(55)62)87(128)109(7)73(22-11-9-2)90(131)108(71)6/h12-15,17-20,24-27,41-43,49-51,53,58,63-74,95-96,112-114H,8-11,16,21-23,28-40,44-48,91-92H2,1-7H3,(H2,93,115)(H,94,98)(H,97,121)(H,99,116)(H,100,125)(H,101,119)(H,102,123)(H,103,126)(H,104,124)(H,105,120)(H,106,122)(H,117,118)/t50?,51-,53-,58+,63-,64-,65-,66-,67-,68-,69-,70-,71-,72-,73-,74-/m0/s1. The van der Waals surface area contributed by atoms with E-state index in [4.69, 9.17) is 17.2 Å². The molecule has 42 heteroatoms. The first kappa shape index (κ1) is 103. The molecule has 41 nitrogen and oxygen atoms in total. The molecule has 15 amide bonds. The highest BCUT2D eigenvalue weighted by Crippen LogP contribution is 2.34. The number of aromatic nitrogens is 4. The number of carbonyl (C=O) groups excluding carboxylic acids is 15. The molecule has 6 aromatic rings. The van der Waals surface area contributed by atoms with Crippen molar-refractivity contribution in [3.05, 3.63) is 120 Å². The van der Waals surface area contributed by atoms with Gasteiger partial charge in [-0.2, -0.15) is 0 Å². The fourth-order valence-corrected chi connectivity index (χ4v) is 17.9. The number of fused-ring (bicyclic) bond motifs is 4. The van der Waals surface area contributed by atoms with Gasteiger partial charge in [-0.25, -0.2) is 4.98 Å². The summed E-state index contributed by atoms with van der Waals surface area (Å²) in [6.45, 7) is 4.34. The lowest BCUT2D eigenvalue weighted by molar-refractivity contribution is -0.149. The number of likely N-dealkylation sites (N-methyl/N-ethyl adjacent to an activating group) is 3. The summed E-state index contributed by atoms with van der Waals surface area (Å²) in [6, 6.07) is 1.35. The highest BCUT2D eigenvalue weighted by atomic mass is 32.2. The number of aliphatic carboxylic acids is 1. The number of carbonyl (C=O) groups is 16. The zero-order valence-electron chi connectivity index (χ0n) is 75.5. The van der Waals surface area contributed by atoms with Crippen LogP contribution in [0.2, 0.25) is 0 Å². The van der Waals surface area contributed by atoms with Crippen LogP contribution in [0.5, 0.6) is 5.75 Å². The number of aromatic amines is 3. The van der Waals surface area contributed by atoms with Gasteiger partial charge >= 0.3 is 5.97 Å². The van der Waals surface area contributed by atoms with Gasteiger partial charge < -0.3 is 125 Å². The number of nitrogens with zero attached hydrogens (tertiary/aromatic N) is 6. The normalized spacial score (nSPS) is 25.7. The zero-order valence-corrected chi connectivity index (χ0v) is 76.3. The number of hydrogen-bond acceptors (Lipinski definition) is 23. The van der Waals surface area contributed by atoms with Crippen molar-refractivity contribution in [2.24, 2.45) is 29.0 Å². The van der Waals surface area contributed by atoms with Crippen LogP contribution in [0.15, 0.2) is 97.7 Å². The number of primary amides is 1. The van der Waals surface area contributed by atoms with E-state index < -0.39 is 229 Å². The lowest BCUT2D eigenvalue weighted by Crippen LogP contribution is -2.61. The van der Waals surface area contributed by atoms with Crippen LogP contribution in [0, 0.1) is 11.8 Å². The number of phenolic OH excluding ortho intramolecular Hbond substituents is 1. The molecule has 3 fully saturated rings. The van der Waals surface area contributed by atoms with Crippen molar-refractivity contribution in [3.63, 3.8) is 0 Å². The highest BCUT2D eigenvalue weighted by Gasteiger charge is 2.46. The van der Waals surface area contributed by atoms with Gasteiger partial charge in [0, 0.05) is 118 Å². The average molecular weight is 1860 g/mol. The molecular weight excluding hydrogens is 1730 g/mol. The number of carboxylic acids is 1. The van der Waals surface area contributed by atoms with Crippen molar-refractivity contribution < 1.29 is 97.1 Å². The zero-order chi connectivity index (χ0) is 96.2. The second-order valence-corrected chi connectivity index (χ2v) is 35.2. The number of unbranched alkanes of at least 4 members (excludes halogenated alkanes) is 2. The van der Waals surface area contributed by atoms with Gasteiger partial charge in [0.1, 0.15) is 78.3 Å². The SMILES string of the molecule is CCCC[C@H]1C(=O)N(C)[C@@H](CCCC)C(=O)N[C@@H](CCN)C(=O)N[C@H](C(=O)NCC(N)=O)CSCC(=O)N[C@@H](Cc2ccc(O)cc2)C(=O)N(C)[C@@H](C)C(=O)N[C@@H](CCN)C(=O)N2CCC[C@H]2C(=O)N[C@@H](Cc2c[nH]cn2)C(=O)N[C@@H](CCC(=O)O)C(=O)N2C[C@H](O)C[C@H]2C(C)C[C@@H](Cc2c[nH]c3ccccc23)C(=O)N[C@@H](CO)C(=O)N[C@@H](Cc2c[nH]c3ccccc23)C(=O)N1C. The third-order valence-electron chi connectivity index (χ3n) is 24.6. The van der Waals surface area contributed by atoms with Crippen molar-refractivity contribution in [2.45, 2.75) is 228 Å². The summed E-state index contributed by atoms with van der Waals surface area (Å²) in [5.74, 6) is -17.2. The van der Waals surface area contributed by atoms with Crippen molar-refractivity contribution in [3.8, 4) is 5.75 Å². The third-order valence-corrected chi connectivity index (χ3v) is 25.6. The molecule has 3 aliphatic heterocycles. The summed E-state index contributed by atoms with van der Waals surface area (Å²) in [7, 11) is 4.02. The number of imidazole rings is 1. The van der Waals surface area contributed by atoms with Crippen LogP contribution in [0.25, 0.3) is 21.8 Å². The van der Waals surface area contributed by atoms with E-state index in [1.807, 2.05) is 32.0 Å². The summed E-state index contributed by atoms with van der Waals surface area (Å²) < 4.78 is 0. The number of amides is 15. The maximum absolute atomic E-state index is 15.7. The summed E-state index contributed by atoms with van der Waals surface area (Å²) in [4.78, 5) is 253. The van der Waals surface area contributed by atoms with Crippen LogP contribution in [-0.2, 0) is 102 Å². The van der Waals surface area contributed by atoms with Crippen LogP contribution >= 0.6 is 11.8 Å². The molecule has 0 bridgehead atoms. The quantitative estimate of drug-likeness (QED) is 0.0314. The van der Waals surface area contributed by atoms with E-state index in [0.29, 0.717) is 53.3 Å². The summed E-state index contributed by atoms with van der Waals surface area (Å²) in [6.07, 6.45) is 4.51. The van der Waals surface area contributed by atoms with E-state index in [2.05, 4.69) is 67.8 Å². The Hall–Kier alpha value is -12.5. The van der Waals surface area contributed by atoms with E-state index in [9.17, 15) is 63.6 Å². The molecule has 0 spiro atoms. The number of hydrogen-bond donors (Lipinski definition) is 19. The molecule has 6 heterocycles. The average Bonchev–Trinajstić information content (AvgIpc) is 1.66. The van der Waals surface area contributed by atoms with Crippen molar-refractivity contribution in [1.82, 2.24) is 92.3 Å². The predicted octanol–water partition coefficient (Wildman–Crippen LogP) is -1.39. The van der Waals surface area contributed by atoms with Crippen LogP contribution in [0.1, 0.15) is 140 Å². The number of rotatable bonds is 25. The van der Waals surface area contributed by atoms with Crippen molar-refractivity contribution in [1.29, 1.82) is 0 Å². The van der Waals surface area contributed by atoms with Gasteiger partial charge in [-0.3, -0.25) is 76.7 Å². The van der Waals surface area contributed by atoms with Gasteiger partial charge in [-0.1, -0.05) is 95.0 Å². The summed E-state index contributed by atoms with van der Waals surface area (Å²) >= 11 is 0.794. The molecule has 0 radical (unpaired) electrons. The number of H-pyrrole nitrogens is 3. The molecule has 22 N–H and O–H groups in total. The minimum absolute atomic E-state index is 0.0185. The molecule has 3 aliphatic rings. The molecule has 1 unspecified atom stereocenters. The Bertz CT molecular complexity index is 5010. The number of aromatic hydroxyl groups is 1. The van der Waals surface area contributed by atoms with Crippen LogP contribution in [0.3, 0.4) is 0 Å². The van der Waals surface area contributed by atoms with E-state index in [1.165, 1.54) is 84.5 Å². The third kappa shape index (κ3) is 28.0. The fourth-order valence-electron chi connectivity index (χ4n) is 17.1. The molecule has 132 heavy (non-hydrogen) atoms. The molecule has 718 valence electrons. The number of para-hydroxylation sites is 2. The van der Waals surface area contributed by atoms with E-state index in [0.717, 1.165) is 27.6 Å². The second-order valence-electron chi connectivity index (χ2n) is 34.2. The van der Waals surface area contributed by atoms with E-state index in [-0.39, 0.29) is 115 Å². The first-order valence-corrected chi connectivity index (χ1v) is 46.0. The van der Waals surface area contributed by atoms with Gasteiger partial charge in [-0.15, -0.1) is 11.8 Å². The van der Waals surface area contributed by atoms with Gasteiger partial charge in [0.15, 0.2) is 0 Å². The van der Waals surface area contributed by atoms with Crippen molar-refractivity contribution >= 4 is 128 Å². The number of aliphatic hydroxyl groups is 2. The Morgan fingerprint density at radius 2 is 1.11 bits per heavy atom. The Labute approximate surface area is 768 Å². The number of aliphatic hydroxyl groups excluding tert-OH is 2. The first-order chi connectivity index (χ1) is 63.1. The number of carboxylic acid groups (broad SMARTS) is 1. The molecule has 16 atom stereocenters.